The molecule has 0 bridgehead atoms. The Hall–Kier alpha value is -1.68. The molecule has 0 fully saturated rings. The maximum absolute atomic E-state index is 12.7. The number of nitrogens with one attached hydrogen (secondary N) is 1. The van der Waals surface area contributed by atoms with E-state index in [9.17, 15) is 5.21 Å². The Labute approximate surface area is 127 Å². The van der Waals surface area contributed by atoms with Crippen LogP contribution in [0.2, 0.25) is 0 Å². The molecule has 0 spiro atoms. The van der Waals surface area contributed by atoms with E-state index in [-0.39, 0.29) is 0 Å². The molecule has 21 heavy (non-hydrogen) atoms. The molecular formula is C18H23N2O-. The van der Waals surface area contributed by atoms with E-state index in [1.807, 2.05) is 88.4 Å². The van der Waals surface area contributed by atoms with Crippen LogP contribution in [-0.4, -0.2) is 5.17 Å². The van der Waals surface area contributed by atoms with Gasteiger partial charge in [-0.15, -0.1) is 0 Å². The average Bonchev–Trinajstić information content (AvgIpc) is 2.48. The summed E-state index contributed by atoms with van der Waals surface area (Å²) in [5, 5.41) is 13.6. The van der Waals surface area contributed by atoms with E-state index in [1.54, 1.807) is 0 Å². The van der Waals surface area contributed by atoms with Gasteiger partial charge in [0.25, 0.3) is 0 Å². The Kier molecular flexibility index (Phi) is 4.47. The standard InChI is InChI=1S/C18H23N2O/c1-17(2,15-11-7-5-8-12-15)19-20(21)18(3,4)16-13-9-6-10-14-16/h5-14,19H,1-4H3/q-1. The van der Waals surface area contributed by atoms with Crippen molar-refractivity contribution in [1.82, 2.24) is 10.6 Å². The number of hydrazine groups is 1. The summed E-state index contributed by atoms with van der Waals surface area (Å²) >= 11 is 0. The van der Waals surface area contributed by atoms with Crippen LogP contribution in [0.15, 0.2) is 60.7 Å². The van der Waals surface area contributed by atoms with Gasteiger partial charge in [-0.2, -0.15) is 0 Å². The second-order valence-corrected chi connectivity index (χ2v) is 6.32. The van der Waals surface area contributed by atoms with E-state index in [2.05, 4.69) is 5.43 Å². The molecule has 2 aromatic rings. The fourth-order valence-corrected chi connectivity index (χ4v) is 2.28. The van der Waals surface area contributed by atoms with Crippen LogP contribution in [0.4, 0.5) is 0 Å². The van der Waals surface area contributed by atoms with Gasteiger partial charge in [-0.05, 0) is 38.8 Å². The first-order chi connectivity index (χ1) is 9.84. The lowest BCUT2D eigenvalue weighted by atomic mass is 9.93. The molecule has 2 aromatic carbocycles. The monoisotopic (exact) mass is 283 g/mol. The average molecular weight is 283 g/mol. The maximum Gasteiger partial charge on any atom is 0.0508 e. The summed E-state index contributed by atoms with van der Waals surface area (Å²) in [6.45, 7) is 7.86. The highest BCUT2D eigenvalue weighted by Crippen LogP contribution is 2.28. The highest BCUT2D eigenvalue weighted by molar-refractivity contribution is 5.25. The smallest absolute Gasteiger partial charge is 0.0508 e. The van der Waals surface area contributed by atoms with Crippen molar-refractivity contribution in [2.24, 2.45) is 0 Å². The van der Waals surface area contributed by atoms with Crippen LogP contribution in [0.1, 0.15) is 38.8 Å². The molecule has 0 atom stereocenters. The van der Waals surface area contributed by atoms with Crippen LogP contribution >= 0.6 is 0 Å². The Balaban J connectivity index is 2.19. The van der Waals surface area contributed by atoms with Crippen molar-refractivity contribution in [3.05, 3.63) is 77.0 Å². The highest BCUT2D eigenvalue weighted by Gasteiger charge is 2.27. The van der Waals surface area contributed by atoms with Crippen molar-refractivity contribution in [1.29, 1.82) is 0 Å². The molecule has 0 aromatic heterocycles. The molecule has 0 amide bonds. The van der Waals surface area contributed by atoms with E-state index in [1.165, 1.54) is 0 Å². The van der Waals surface area contributed by atoms with Gasteiger partial charge in [0.15, 0.2) is 0 Å². The minimum Gasteiger partial charge on any atom is -0.771 e. The topological polar surface area (TPSA) is 38.3 Å². The first-order valence-corrected chi connectivity index (χ1v) is 7.20. The van der Waals surface area contributed by atoms with E-state index in [0.717, 1.165) is 16.3 Å². The molecule has 0 saturated heterocycles. The number of rotatable bonds is 5. The molecular weight excluding hydrogens is 260 g/mol. The van der Waals surface area contributed by atoms with Gasteiger partial charge in [0.05, 0.1) is 5.54 Å². The molecule has 0 unspecified atom stereocenters. The molecule has 0 heterocycles. The summed E-state index contributed by atoms with van der Waals surface area (Å²) < 4.78 is 0. The summed E-state index contributed by atoms with van der Waals surface area (Å²) in [7, 11) is 0. The summed E-state index contributed by atoms with van der Waals surface area (Å²) in [5.41, 5.74) is 4.07. The molecule has 2 rings (SSSR count). The van der Waals surface area contributed by atoms with E-state index in [0.29, 0.717) is 0 Å². The third-order valence-electron chi connectivity index (χ3n) is 3.86. The molecule has 3 heteroatoms. The van der Waals surface area contributed by atoms with Crippen molar-refractivity contribution in [3.8, 4) is 0 Å². The molecule has 1 N–H and O–H groups in total. The Morgan fingerprint density at radius 2 is 1.19 bits per heavy atom. The molecule has 0 saturated carbocycles. The maximum atomic E-state index is 12.7. The van der Waals surface area contributed by atoms with Gasteiger partial charge in [0, 0.05) is 5.54 Å². The van der Waals surface area contributed by atoms with Crippen LogP contribution in [0, 0.1) is 5.21 Å². The van der Waals surface area contributed by atoms with Gasteiger partial charge < -0.3 is 10.4 Å². The molecule has 112 valence electrons. The lowest BCUT2D eigenvalue weighted by molar-refractivity contribution is 0.0683. The van der Waals surface area contributed by atoms with Crippen LogP contribution in [0.25, 0.3) is 0 Å². The van der Waals surface area contributed by atoms with Gasteiger partial charge >= 0.3 is 0 Å². The Bertz CT molecular complexity index is 564. The summed E-state index contributed by atoms with van der Waals surface area (Å²) in [4.78, 5) is 0. The zero-order valence-corrected chi connectivity index (χ0v) is 13.1. The summed E-state index contributed by atoms with van der Waals surface area (Å²) in [6.07, 6.45) is 0. The van der Waals surface area contributed by atoms with Crippen molar-refractivity contribution in [2.75, 3.05) is 0 Å². The largest absolute Gasteiger partial charge is 0.771 e. The van der Waals surface area contributed by atoms with Crippen molar-refractivity contribution in [2.45, 2.75) is 38.8 Å². The first kappa shape index (κ1) is 15.7. The number of hydrogen-bond acceptors (Lipinski definition) is 3. The third-order valence-corrected chi connectivity index (χ3v) is 3.86. The molecule has 0 aliphatic rings. The van der Waals surface area contributed by atoms with Crippen LogP contribution < -0.4 is 5.43 Å². The van der Waals surface area contributed by atoms with Gasteiger partial charge in [-0.25, -0.2) is 0 Å². The van der Waals surface area contributed by atoms with Gasteiger partial charge in [0.1, 0.15) is 0 Å². The predicted octanol–water partition coefficient (Wildman–Crippen LogP) is 4.16. The fraction of sp³-hybridized carbons (Fsp3) is 0.333. The molecule has 0 aliphatic heterocycles. The zero-order valence-electron chi connectivity index (χ0n) is 13.1. The number of hydrogen-bond donors (Lipinski definition) is 1. The normalized spacial score (nSPS) is 12.7. The van der Waals surface area contributed by atoms with Crippen LogP contribution in [0.5, 0.6) is 0 Å². The van der Waals surface area contributed by atoms with Crippen molar-refractivity contribution < 1.29 is 0 Å². The minimum atomic E-state index is -0.646. The minimum absolute atomic E-state index is 0.435. The number of nitrogens with zero attached hydrogens (tertiary/aromatic N) is 1. The van der Waals surface area contributed by atoms with E-state index in [4.69, 9.17) is 0 Å². The van der Waals surface area contributed by atoms with Gasteiger partial charge in [-0.3, -0.25) is 5.43 Å². The van der Waals surface area contributed by atoms with E-state index >= 15 is 0 Å². The Morgan fingerprint density at radius 3 is 1.67 bits per heavy atom. The second kappa shape index (κ2) is 5.98. The first-order valence-electron chi connectivity index (χ1n) is 7.20. The Morgan fingerprint density at radius 1 is 0.762 bits per heavy atom. The zero-order chi connectivity index (χ0) is 15.5. The van der Waals surface area contributed by atoms with Gasteiger partial charge in [-0.1, -0.05) is 60.7 Å². The summed E-state index contributed by atoms with van der Waals surface area (Å²) in [6, 6.07) is 19.8. The highest BCUT2D eigenvalue weighted by atomic mass is 16.5. The lowest BCUT2D eigenvalue weighted by Gasteiger charge is -2.48. The lowest BCUT2D eigenvalue weighted by Crippen LogP contribution is -2.53. The quantitative estimate of drug-likeness (QED) is 0.837. The third kappa shape index (κ3) is 3.50. The number of benzene rings is 2. The SMILES string of the molecule is CC(C)(NN([O-])C(C)(C)c1ccccc1)c1ccccc1. The second-order valence-electron chi connectivity index (χ2n) is 6.32. The van der Waals surface area contributed by atoms with Crippen molar-refractivity contribution >= 4 is 0 Å². The van der Waals surface area contributed by atoms with Crippen LogP contribution in [0.3, 0.4) is 0 Å². The van der Waals surface area contributed by atoms with Crippen LogP contribution in [-0.2, 0) is 11.1 Å². The predicted molar refractivity (Wildman–Crippen MR) is 87.3 cm³/mol. The fourth-order valence-electron chi connectivity index (χ4n) is 2.28. The molecule has 3 nitrogen and oxygen atoms in total. The van der Waals surface area contributed by atoms with Crippen molar-refractivity contribution in [3.63, 3.8) is 0 Å². The van der Waals surface area contributed by atoms with Gasteiger partial charge in [0.2, 0.25) is 0 Å². The summed E-state index contributed by atoms with van der Waals surface area (Å²) in [5.74, 6) is 0. The molecule has 0 radical (unpaired) electrons. The van der Waals surface area contributed by atoms with E-state index < -0.39 is 11.1 Å². The molecule has 0 aliphatic carbocycles. The number of hydroxylamine groups is 1.